The van der Waals surface area contributed by atoms with Gasteiger partial charge in [0.15, 0.2) is 0 Å². The number of rotatable bonds is 9. The topological polar surface area (TPSA) is 89.6 Å². The summed E-state index contributed by atoms with van der Waals surface area (Å²) in [6.45, 7) is 0.889. The third kappa shape index (κ3) is 7.05. The van der Waals surface area contributed by atoms with Crippen LogP contribution in [0.1, 0.15) is 0 Å². The molecule has 1 atom stereocenters. The number of carboxylic acid groups (broad SMARTS) is 1. The molecule has 7 heteroatoms. The highest BCUT2D eigenvalue weighted by atomic mass is 33.1. The van der Waals surface area contributed by atoms with E-state index in [0.29, 0.717) is 24.6 Å². The average molecular weight is 239 g/mol. The lowest BCUT2D eigenvalue weighted by Gasteiger charge is -2.07. The zero-order chi connectivity index (χ0) is 10.8. The van der Waals surface area contributed by atoms with E-state index in [4.69, 9.17) is 10.8 Å². The maximum Gasteiger partial charge on any atom is 0.308 e. The van der Waals surface area contributed by atoms with E-state index in [2.05, 4.69) is 4.74 Å². The van der Waals surface area contributed by atoms with E-state index in [0.717, 1.165) is 0 Å². The van der Waals surface area contributed by atoms with Gasteiger partial charge in [-0.05, 0) is 0 Å². The standard InChI is InChI=1S/C7H13NO4S2/c8-3-6(7(10)11)4-14-13-2-1-12-5-9/h5-6H,1-4,8H2,(H,10,11)/t6-/m0/s1. The summed E-state index contributed by atoms with van der Waals surface area (Å²) in [5, 5.41) is 8.64. The summed E-state index contributed by atoms with van der Waals surface area (Å²) >= 11 is 0. The highest BCUT2D eigenvalue weighted by molar-refractivity contribution is 8.76. The van der Waals surface area contributed by atoms with Crippen LogP contribution in [0.3, 0.4) is 0 Å². The Morgan fingerprint density at radius 3 is 2.79 bits per heavy atom. The lowest BCUT2D eigenvalue weighted by molar-refractivity contribution is -0.140. The van der Waals surface area contributed by atoms with Crippen molar-refractivity contribution in [3.05, 3.63) is 0 Å². The number of nitrogens with two attached hydrogens (primary N) is 1. The number of hydrogen-bond donors (Lipinski definition) is 2. The maximum atomic E-state index is 10.5. The number of hydrogen-bond acceptors (Lipinski definition) is 6. The van der Waals surface area contributed by atoms with Gasteiger partial charge in [0.25, 0.3) is 6.47 Å². The van der Waals surface area contributed by atoms with Crippen molar-refractivity contribution >= 4 is 34.0 Å². The molecule has 0 amide bonds. The van der Waals surface area contributed by atoms with Crippen molar-refractivity contribution in [1.29, 1.82) is 0 Å². The van der Waals surface area contributed by atoms with Crippen LogP contribution in [-0.4, -0.2) is 42.2 Å². The molecule has 0 spiro atoms. The quantitative estimate of drug-likeness (QED) is 0.337. The zero-order valence-electron chi connectivity index (χ0n) is 7.55. The Kier molecular flexibility index (Phi) is 8.90. The van der Waals surface area contributed by atoms with Gasteiger partial charge >= 0.3 is 5.97 Å². The first-order valence-electron chi connectivity index (χ1n) is 3.95. The fraction of sp³-hybridized carbons (Fsp3) is 0.714. The van der Waals surface area contributed by atoms with E-state index in [9.17, 15) is 9.59 Å². The molecular weight excluding hydrogens is 226 g/mol. The monoisotopic (exact) mass is 239 g/mol. The van der Waals surface area contributed by atoms with E-state index in [1.807, 2.05) is 0 Å². The molecule has 0 aromatic carbocycles. The normalized spacial score (nSPS) is 12.1. The summed E-state index contributed by atoms with van der Waals surface area (Å²) in [7, 11) is 2.89. The Balaban J connectivity index is 3.33. The molecule has 0 heterocycles. The molecule has 0 aromatic heterocycles. The molecule has 0 aliphatic rings. The molecule has 0 fully saturated rings. The lowest BCUT2D eigenvalue weighted by Crippen LogP contribution is -2.25. The summed E-state index contributed by atoms with van der Waals surface area (Å²) in [4.78, 5) is 20.3. The summed E-state index contributed by atoms with van der Waals surface area (Å²) in [5.41, 5.74) is 5.26. The van der Waals surface area contributed by atoms with Crippen molar-refractivity contribution < 1.29 is 19.4 Å². The highest BCUT2D eigenvalue weighted by Crippen LogP contribution is 2.23. The fourth-order valence-corrected chi connectivity index (χ4v) is 2.72. The van der Waals surface area contributed by atoms with Crippen molar-refractivity contribution in [1.82, 2.24) is 0 Å². The Morgan fingerprint density at radius 2 is 2.29 bits per heavy atom. The minimum atomic E-state index is -0.871. The van der Waals surface area contributed by atoms with E-state index in [1.54, 1.807) is 0 Å². The van der Waals surface area contributed by atoms with Gasteiger partial charge in [0.05, 0.1) is 5.92 Å². The smallest absolute Gasteiger partial charge is 0.308 e. The molecule has 0 aliphatic carbocycles. The van der Waals surface area contributed by atoms with Gasteiger partial charge in [0, 0.05) is 18.1 Å². The first kappa shape index (κ1) is 13.6. The van der Waals surface area contributed by atoms with Crippen molar-refractivity contribution in [3.8, 4) is 0 Å². The molecule has 14 heavy (non-hydrogen) atoms. The first-order chi connectivity index (χ1) is 6.72. The first-order valence-corrected chi connectivity index (χ1v) is 6.43. The molecule has 0 rings (SSSR count). The van der Waals surface area contributed by atoms with Crippen LogP contribution in [0.2, 0.25) is 0 Å². The Hall–Kier alpha value is -0.400. The second-order valence-electron chi connectivity index (χ2n) is 2.34. The molecule has 0 aliphatic heterocycles. The summed E-state index contributed by atoms with van der Waals surface area (Å²) in [6, 6.07) is 0. The number of aliphatic carboxylic acids is 1. The van der Waals surface area contributed by atoms with E-state index >= 15 is 0 Å². The summed E-state index contributed by atoms with van der Waals surface area (Å²) in [6.07, 6.45) is 0. The number of carboxylic acids is 1. The zero-order valence-corrected chi connectivity index (χ0v) is 9.18. The molecule has 0 unspecified atom stereocenters. The van der Waals surface area contributed by atoms with Crippen LogP contribution in [0.4, 0.5) is 0 Å². The minimum absolute atomic E-state index is 0.147. The molecule has 0 saturated carbocycles. The Morgan fingerprint density at radius 1 is 1.57 bits per heavy atom. The third-order valence-electron chi connectivity index (χ3n) is 1.34. The van der Waals surface area contributed by atoms with Gasteiger partial charge in [-0.25, -0.2) is 0 Å². The predicted molar refractivity (Wildman–Crippen MR) is 57.1 cm³/mol. The van der Waals surface area contributed by atoms with Gasteiger partial charge in [-0.15, -0.1) is 0 Å². The van der Waals surface area contributed by atoms with Crippen LogP contribution in [0, 0.1) is 5.92 Å². The number of ether oxygens (including phenoxy) is 1. The lowest BCUT2D eigenvalue weighted by atomic mass is 10.2. The van der Waals surface area contributed by atoms with Gasteiger partial charge in [-0.1, -0.05) is 21.6 Å². The summed E-state index contributed by atoms with van der Waals surface area (Å²) < 4.78 is 4.46. The van der Waals surface area contributed by atoms with Gasteiger partial charge in [0.1, 0.15) is 6.61 Å². The molecule has 5 nitrogen and oxygen atoms in total. The molecule has 82 valence electrons. The molecule has 0 saturated heterocycles. The van der Waals surface area contributed by atoms with Gasteiger partial charge in [-0.2, -0.15) is 0 Å². The maximum absolute atomic E-state index is 10.5. The average Bonchev–Trinajstić information content (AvgIpc) is 2.16. The Labute approximate surface area is 90.1 Å². The van der Waals surface area contributed by atoms with Gasteiger partial charge in [-0.3, -0.25) is 9.59 Å². The second-order valence-corrected chi connectivity index (χ2v) is 4.97. The second kappa shape index (κ2) is 9.17. The van der Waals surface area contributed by atoms with Crippen molar-refractivity contribution in [2.45, 2.75) is 0 Å². The third-order valence-corrected chi connectivity index (χ3v) is 3.79. The van der Waals surface area contributed by atoms with Crippen LogP contribution in [0.5, 0.6) is 0 Å². The predicted octanol–water partition coefficient (Wildman–Crippen LogP) is 0.200. The number of carbonyl (C=O) groups excluding carboxylic acids is 1. The van der Waals surface area contributed by atoms with Crippen LogP contribution in [-0.2, 0) is 14.3 Å². The van der Waals surface area contributed by atoms with Crippen LogP contribution < -0.4 is 5.73 Å². The fourth-order valence-electron chi connectivity index (χ4n) is 0.560. The largest absolute Gasteiger partial charge is 0.481 e. The van der Waals surface area contributed by atoms with Crippen molar-refractivity contribution in [2.75, 3.05) is 24.7 Å². The van der Waals surface area contributed by atoms with Gasteiger partial charge < -0.3 is 15.6 Å². The van der Waals surface area contributed by atoms with Gasteiger partial charge in [0.2, 0.25) is 0 Å². The molecular formula is C7H13NO4S2. The van der Waals surface area contributed by atoms with Crippen LogP contribution in [0.25, 0.3) is 0 Å². The van der Waals surface area contributed by atoms with Crippen molar-refractivity contribution in [3.63, 3.8) is 0 Å². The minimum Gasteiger partial charge on any atom is -0.481 e. The molecule has 0 aromatic rings. The van der Waals surface area contributed by atoms with Crippen LogP contribution in [0.15, 0.2) is 0 Å². The SMILES string of the molecule is NC[C@@H](CSSCCOC=O)C(=O)O. The molecule has 3 N–H and O–H groups in total. The van der Waals surface area contributed by atoms with Crippen LogP contribution >= 0.6 is 21.6 Å². The van der Waals surface area contributed by atoms with Crippen molar-refractivity contribution in [2.24, 2.45) is 11.7 Å². The molecule has 0 bridgehead atoms. The molecule has 0 radical (unpaired) electrons. The van der Waals surface area contributed by atoms with E-state index in [1.165, 1.54) is 21.6 Å². The van der Waals surface area contributed by atoms with E-state index in [-0.39, 0.29) is 6.54 Å². The Bertz CT molecular complexity index is 179. The number of carbonyl (C=O) groups is 2. The highest BCUT2D eigenvalue weighted by Gasteiger charge is 2.14. The van der Waals surface area contributed by atoms with E-state index < -0.39 is 11.9 Å². The summed E-state index contributed by atoms with van der Waals surface area (Å²) in [5.74, 6) is -0.248.